The number of benzene rings is 3. The molecule has 0 saturated carbocycles. The van der Waals surface area contributed by atoms with Crippen LogP contribution in [0.25, 0.3) is 10.8 Å². The molecule has 6 nitrogen and oxygen atoms in total. The van der Waals surface area contributed by atoms with Gasteiger partial charge in [-0.15, -0.1) is 0 Å². The number of methoxy groups -OCH3 is 1. The standard InChI is InChI=1S/C21H19ClN2O4/c1-24(16-8-7-13-5-3-4-6-14(13)9-16)21(26)15-10-17(22)20(18(11-15)27-2)28-12-19(23)25/h3-11H,12H2,1-2H3,(H2,23,25). The van der Waals surface area contributed by atoms with Gasteiger partial charge in [0.1, 0.15) is 0 Å². The van der Waals surface area contributed by atoms with Crippen LogP contribution in [0.4, 0.5) is 5.69 Å². The second-order valence-corrected chi connectivity index (χ2v) is 6.55. The first-order chi connectivity index (χ1) is 13.4. The number of nitrogens with zero attached hydrogens (tertiary/aromatic N) is 1. The number of amides is 2. The number of fused-ring (bicyclic) bond motifs is 1. The zero-order chi connectivity index (χ0) is 20.3. The summed E-state index contributed by atoms with van der Waals surface area (Å²) >= 11 is 6.24. The number of rotatable bonds is 6. The van der Waals surface area contributed by atoms with Gasteiger partial charge in [0.2, 0.25) is 0 Å². The molecule has 0 unspecified atom stereocenters. The number of ether oxygens (including phenoxy) is 2. The van der Waals surface area contributed by atoms with E-state index >= 15 is 0 Å². The van der Waals surface area contributed by atoms with E-state index in [0.29, 0.717) is 5.56 Å². The van der Waals surface area contributed by atoms with Crippen LogP contribution in [-0.2, 0) is 4.79 Å². The quantitative estimate of drug-likeness (QED) is 0.687. The van der Waals surface area contributed by atoms with Crippen LogP contribution in [0.1, 0.15) is 10.4 Å². The van der Waals surface area contributed by atoms with E-state index in [1.165, 1.54) is 24.1 Å². The molecule has 0 bridgehead atoms. The number of primary amides is 1. The molecule has 0 fully saturated rings. The van der Waals surface area contributed by atoms with Gasteiger partial charge in [0, 0.05) is 18.3 Å². The summed E-state index contributed by atoms with van der Waals surface area (Å²) in [5.41, 5.74) is 6.16. The molecule has 3 aromatic carbocycles. The van der Waals surface area contributed by atoms with Crippen molar-refractivity contribution in [2.45, 2.75) is 0 Å². The number of halogens is 1. The van der Waals surface area contributed by atoms with Crippen molar-refractivity contribution in [1.29, 1.82) is 0 Å². The molecule has 0 atom stereocenters. The van der Waals surface area contributed by atoms with Gasteiger partial charge < -0.3 is 20.1 Å². The first-order valence-electron chi connectivity index (χ1n) is 8.46. The molecule has 3 aromatic rings. The highest BCUT2D eigenvalue weighted by Crippen LogP contribution is 2.37. The predicted octanol–water partition coefficient (Wildman–Crippen LogP) is 3.64. The van der Waals surface area contributed by atoms with E-state index in [1.54, 1.807) is 7.05 Å². The van der Waals surface area contributed by atoms with Crippen LogP contribution in [0.3, 0.4) is 0 Å². The molecule has 0 aliphatic carbocycles. The lowest BCUT2D eigenvalue weighted by molar-refractivity contribution is -0.119. The van der Waals surface area contributed by atoms with E-state index in [-0.39, 0.29) is 29.0 Å². The lowest BCUT2D eigenvalue weighted by Crippen LogP contribution is -2.26. The molecule has 2 amide bonds. The Labute approximate surface area is 167 Å². The monoisotopic (exact) mass is 398 g/mol. The second-order valence-electron chi connectivity index (χ2n) is 6.14. The summed E-state index contributed by atoms with van der Waals surface area (Å²) in [5, 5.41) is 2.27. The molecule has 0 heterocycles. The van der Waals surface area contributed by atoms with Crippen molar-refractivity contribution < 1.29 is 19.1 Å². The highest BCUT2D eigenvalue weighted by molar-refractivity contribution is 6.33. The molecular formula is C21H19ClN2O4. The molecule has 0 aromatic heterocycles. The molecule has 7 heteroatoms. The minimum atomic E-state index is -0.644. The molecule has 0 aliphatic heterocycles. The Balaban J connectivity index is 1.91. The molecule has 0 aliphatic rings. The van der Waals surface area contributed by atoms with Gasteiger partial charge in [0.15, 0.2) is 18.1 Å². The van der Waals surface area contributed by atoms with Crippen LogP contribution < -0.4 is 20.1 Å². The van der Waals surface area contributed by atoms with E-state index in [0.717, 1.165) is 16.5 Å². The van der Waals surface area contributed by atoms with Crippen molar-refractivity contribution in [3.63, 3.8) is 0 Å². The molecular weight excluding hydrogens is 380 g/mol. The molecule has 0 spiro atoms. The highest BCUT2D eigenvalue weighted by Gasteiger charge is 2.20. The number of hydrogen-bond acceptors (Lipinski definition) is 4. The van der Waals surface area contributed by atoms with Crippen LogP contribution in [0.15, 0.2) is 54.6 Å². The SMILES string of the molecule is COc1cc(C(=O)N(C)c2ccc3ccccc3c2)cc(Cl)c1OCC(N)=O. The fourth-order valence-corrected chi connectivity index (χ4v) is 3.09. The smallest absolute Gasteiger partial charge is 0.258 e. The van der Waals surface area contributed by atoms with Gasteiger partial charge in [-0.3, -0.25) is 9.59 Å². The van der Waals surface area contributed by atoms with Gasteiger partial charge in [-0.25, -0.2) is 0 Å². The Hall–Kier alpha value is -3.25. The lowest BCUT2D eigenvalue weighted by Gasteiger charge is -2.19. The van der Waals surface area contributed by atoms with Crippen molar-refractivity contribution in [2.24, 2.45) is 5.73 Å². The average Bonchev–Trinajstić information content (AvgIpc) is 2.70. The van der Waals surface area contributed by atoms with E-state index in [4.69, 9.17) is 26.8 Å². The van der Waals surface area contributed by atoms with E-state index in [2.05, 4.69) is 0 Å². The van der Waals surface area contributed by atoms with Gasteiger partial charge in [-0.05, 0) is 35.0 Å². The first kappa shape index (κ1) is 19.5. The molecule has 0 radical (unpaired) electrons. The van der Waals surface area contributed by atoms with E-state index in [1.807, 2.05) is 42.5 Å². The van der Waals surface area contributed by atoms with Gasteiger partial charge in [0.05, 0.1) is 12.1 Å². The normalized spacial score (nSPS) is 10.5. The lowest BCUT2D eigenvalue weighted by atomic mass is 10.1. The number of carbonyl (C=O) groups is 2. The highest BCUT2D eigenvalue weighted by atomic mass is 35.5. The van der Waals surface area contributed by atoms with Crippen molar-refractivity contribution in [3.05, 3.63) is 65.2 Å². The minimum Gasteiger partial charge on any atom is -0.493 e. The van der Waals surface area contributed by atoms with Gasteiger partial charge >= 0.3 is 0 Å². The van der Waals surface area contributed by atoms with Crippen LogP contribution >= 0.6 is 11.6 Å². The van der Waals surface area contributed by atoms with Crippen molar-refractivity contribution in [1.82, 2.24) is 0 Å². The Morgan fingerprint density at radius 1 is 1.07 bits per heavy atom. The minimum absolute atomic E-state index is 0.149. The number of nitrogens with two attached hydrogens (primary N) is 1. The maximum Gasteiger partial charge on any atom is 0.258 e. The van der Waals surface area contributed by atoms with E-state index in [9.17, 15) is 9.59 Å². The molecule has 144 valence electrons. The van der Waals surface area contributed by atoms with Gasteiger partial charge in [-0.1, -0.05) is 41.9 Å². The summed E-state index contributed by atoms with van der Waals surface area (Å²) in [7, 11) is 3.11. The summed E-state index contributed by atoms with van der Waals surface area (Å²) in [6.45, 7) is -0.347. The average molecular weight is 399 g/mol. The molecule has 28 heavy (non-hydrogen) atoms. The molecule has 3 rings (SSSR count). The Morgan fingerprint density at radius 3 is 2.46 bits per heavy atom. The van der Waals surface area contributed by atoms with Gasteiger partial charge in [0.25, 0.3) is 11.8 Å². The number of anilines is 1. The topological polar surface area (TPSA) is 81.9 Å². The third-order valence-corrected chi connectivity index (χ3v) is 4.54. The van der Waals surface area contributed by atoms with Gasteiger partial charge in [-0.2, -0.15) is 0 Å². The maximum atomic E-state index is 13.0. The Morgan fingerprint density at radius 2 is 1.79 bits per heavy atom. The van der Waals surface area contributed by atoms with Crippen molar-refractivity contribution in [2.75, 3.05) is 25.7 Å². The van der Waals surface area contributed by atoms with Crippen LogP contribution in [0.5, 0.6) is 11.5 Å². The summed E-state index contributed by atoms with van der Waals surface area (Å²) in [4.78, 5) is 25.5. The Bertz CT molecular complexity index is 1050. The summed E-state index contributed by atoms with van der Waals surface area (Å²) < 4.78 is 10.6. The molecule has 0 saturated heterocycles. The van der Waals surface area contributed by atoms with Crippen molar-refractivity contribution in [3.8, 4) is 11.5 Å². The van der Waals surface area contributed by atoms with Crippen LogP contribution in [0, 0.1) is 0 Å². The number of carbonyl (C=O) groups excluding carboxylic acids is 2. The Kier molecular flexibility index (Phi) is 5.70. The third kappa shape index (κ3) is 4.02. The second kappa shape index (κ2) is 8.19. The largest absolute Gasteiger partial charge is 0.493 e. The number of hydrogen-bond donors (Lipinski definition) is 1. The van der Waals surface area contributed by atoms with Crippen molar-refractivity contribution >= 4 is 39.9 Å². The first-order valence-corrected chi connectivity index (χ1v) is 8.84. The third-order valence-electron chi connectivity index (χ3n) is 4.26. The predicted molar refractivity (Wildman–Crippen MR) is 109 cm³/mol. The summed E-state index contributed by atoms with van der Waals surface area (Å²) in [6.07, 6.45) is 0. The van der Waals surface area contributed by atoms with E-state index < -0.39 is 5.91 Å². The van der Waals surface area contributed by atoms with Crippen LogP contribution in [0.2, 0.25) is 5.02 Å². The molecule has 2 N–H and O–H groups in total. The van der Waals surface area contributed by atoms with Crippen LogP contribution in [-0.4, -0.2) is 32.6 Å². The summed E-state index contributed by atoms with van der Waals surface area (Å²) in [6, 6.07) is 16.7. The zero-order valence-electron chi connectivity index (χ0n) is 15.4. The summed E-state index contributed by atoms with van der Waals surface area (Å²) in [5.74, 6) is -0.511. The fraction of sp³-hybridized carbons (Fsp3) is 0.143. The zero-order valence-corrected chi connectivity index (χ0v) is 16.2. The maximum absolute atomic E-state index is 13.0. The fourth-order valence-electron chi connectivity index (χ4n) is 2.82.